The molecule has 0 aromatic heterocycles. The topological polar surface area (TPSA) is 63.7 Å². The van der Waals surface area contributed by atoms with Gasteiger partial charge in [0, 0.05) is 35.6 Å². The maximum Gasteiger partial charge on any atom is 0.232 e. The van der Waals surface area contributed by atoms with Crippen molar-refractivity contribution in [2.24, 2.45) is 5.92 Å². The SMILES string of the molecule is COc1ccc(C)c(N2CC(CS(=O)(=O)Cl)CC2=O)c1. The molecule has 2 rings (SSSR count). The Morgan fingerprint density at radius 3 is 2.75 bits per heavy atom. The lowest BCUT2D eigenvalue weighted by atomic mass is 10.1. The van der Waals surface area contributed by atoms with Gasteiger partial charge in [-0.3, -0.25) is 4.79 Å². The molecule has 0 spiro atoms. The summed E-state index contributed by atoms with van der Waals surface area (Å²) in [5.41, 5.74) is 1.69. The van der Waals surface area contributed by atoms with Gasteiger partial charge >= 0.3 is 0 Å². The number of aryl methyl sites for hydroxylation is 1. The Labute approximate surface area is 122 Å². The number of rotatable bonds is 4. The summed E-state index contributed by atoms with van der Waals surface area (Å²) >= 11 is 0. The summed E-state index contributed by atoms with van der Waals surface area (Å²) in [7, 11) is 3.22. The molecule has 1 aliphatic rings. The van der Waals surface area contributed by atoms with Gasteiger partial charge in [-0.05, 0) is 18.6 Å². The standard InChI is InChI=1S/C13H16ClNO4S/c1-9-3-4-11(19-2)6-12(9)15-7-10(5-13(15)16)8-20(14,17)18/h3-4,6,10H,5,7-8H2,1-2H3. The number of nitrogens with zero attached hydrogens (tertiary/aromatic N) is 1. The van der Waals surface area contributed by atoms with Crippen LogP contribution in [0.3, 0.4) is 0 Å². The molecule has 0 saturated carbocycles. The fourth-order valence-electron chi connectivity index (χ4n) is 2.41. The zero-order valence-electron chi connectivity index (χ0n) is 11.3. The summed E-state index contributed by atoms with van der Waals surface area (Å²) in [6.07, 6.45) is 0.197. The van der Waals surface area contributed by atoms with E-state index in [0.29, 0.717) is 12.3 Å². The van der Waals surface area contributed by atoms with E-state index in [2.05, 4.69) is 0 Å². The molecule has 1 unspecified atom stereocenters. The molecule has 1 aromatic carbocycles. The van der Waals surface area contributed by atoms with Crippen molar-refractivity contribution < 1.29 is 17.9 Å². The highest BCUT2D eigenvalue weighted by molar-refractivity contribution is 8.13. The Hall–Kier alpha value is -1.27. The third-order valence-electron chi connectivity index (χ3n) is 3.35. The van der Waals surface area contributed by atoms with Crippen LogP contribution in [0.5, 0.6) is 5.75 Å². The Bertz CT molecular complexity index is 629. The Morgan fingerprint density at radius 2 is 2.15 bits per heavy atom. The number of hydrogen-bond acceptors (Lipinski definition) is 4. The van der Waals surface area contributed by atoms with Crippen LogP contribution in [0.25, 0.3) is 0 Å². The van der Waals surface area contributed by atoms with Gasteiger partial charge < -0.3 is 9.64 Å². The first-order valence-electron chi connectivity index (χ1n) is 6.17. The number of methoxy groups -OCH3 is 1. The fourth-order valence-corrected chi connectivity index (χ4v) is 3.74. The average molecular weight is 318 g/mol. The molecule has 1 fully saturated rings. The maximum absolute atomic E-state index is 12.1. The number of carbonyl (C=O) groups excluding carboxylic acids is 1. The quantitative estimate of drug-likeness (QED) is 0.796. The lowest BCUT2D eigenvalue weighted by Gasteiger charge is -2.19. The first kappa shape index (κ1) is 15.1. The number of hydrogen-bond donors (Lipinski definition) is 0. The number of amides is 1. The van der Waals surface area contributed by atoms with E-state index in [-0.39, 0.29) is 24.0 Å². The number of carbonyl (C=O) groups is 1. The van der Waals surface area contributed by atoms with Crippen molar-refractivity contribution in [1.82, 2.24) is 0 Å². The van der Waals surface area contributed by atoms with E-state index >= 15 is 0 Å². The smallest absolute Gasteiger partial charge is 0.232 e. The van der Waals surface area contributed by atoms with Gasteiger partial charge in [0.05, 0.1) is 18.6 Å². The zero-order valence-corrected chi connectivity index (χ0v) is 12.9. The number of ether oxygens (including phenoxy) is 1. The van der Waals surface area contributed by atoms with Crippen molar-refractivity contribution in [3.05, 3.63) is 23.8 Å². The minimum Gasteiger partial charge on any atom is -0.497 e. The van der Waals surface area contributed by atoms with Gasteiger partial charge in [0.25, 0.3) is 0 Å². The second-order valence-electron chi connectivity index (χ2n) is 4.93. The summed E-state index contributed by atoms with van der Waals surface area (Å²) in [5, 5.41) is 0. The monoisotopic (exact) mass is 317 g/mol. The Morgan fingerprint density at radius 1 is 1.45 bits per heavy atom. The van der Waals surface area contributed by atoms with Crippen LogP contribution in [-0.2, 0) is 13.8 Å². The van der Waals surface area contributed by atoms with Crippen molar-refractivity contribution in [1.29, 1.82) is 0 Å². The molecule has 7 heteroatoms. The van der Waals surface area contributed by atoms with Crippen LogP contribution >= 0.6 is 10.7 Å². The maximum atomic E-state index is 12.1. The molecular weight excluding hydrogens is 302 g/mol. The van der Waals surface area contributed by atoms with Gasteiger partial charge in [-0.15, -0.1) is 0 Å². The molecule has 20 heavy (non-hydrogen) atoms. The molecular formula is C13H16ClNO4S. The third-order valence-corrected chi connectivity index (χ3v) is 4.59. The lowest BCUT2D eigenvalue weighted by molar-refractivity contribution is -0.117. The molecule has 110 valence electrons. The van der Waals surface area contributed by atoms with Gasteiger partial charge in [0.15, 0.2) is 0 Å². The average Bonchev–Trinajstić information content (AvgIpc) is 2.68. The Balaban J connectivity index is 2.24. The van der Waals surface area contributed by atoms with Crippen LogP contribution in [0.2, 0.25) is 0 Å². The van der Waals surface area contributed by atoms with Gasteiger partial charge in [-0.2, -0.15) is 0 Å². The number of benzene rings is 1. The molecule has 1 heterocycles. The first-order valence-corrected chi connectivity index (χ1v) is 8.65. The number of anilines is 1. The van der Waals surface area contributed by atoms with Crippen LogP contribution in [0.1, 0.15) is 12.0 Å². The summed E-state index contributed by atoms with van der Waals surface area (Å²) < 4.78 is 27.4. The minimum atomic E-state index is -3.59. The third kappa shape index (κ3) is 3.43. The summed E-state index contributed by atoms with van der Waals surface area (Å²) in [6, 6.07) is 5.47. The van der Waals surface area contributed by atoms with E-state index in [0.717, 1.165) is 11.3 Å². The molecule has 1 atom stereocenters. The highest BCUT2D eigenvalue weighted by Gasteiger charge is 2.33. The van der Waals surface area contributed by atoms with Crippen molar-refractivity contribution >= 4 is 31.3 Å². The summed E-state index contributed by atoms with van der Waals surface area (Å²) in [5.74, 6) is 0.119. The predicted octanol–water partition coefficient (Wildman–Crippen LogP) is 1.93. The highest BCUT2D eigenvalue weighted by atomic mass is 35.7. The molecule has 0 aliphatic carbocycles. The van der Waals surface area contributed by atoms with E-state index in [4.69, 9.17) is 15.4 Å². The molecule has 1 aromatic rings. The minimum absolute atomic E-state index is 0.0910. The van der Waals surface area contributed by atoms with E-state index in [1.165, 1.54) is 0 Å². The van der Waals surface area contributed by atoms with E-state index < -0.39 is 9.05 Å². The van der Waals surface area contributed by atoms with E-state index in [1.807, 2.05) is 19.1 Å². The van der Waals surface area contributed by atoms with Crippen molar-refractivity contribution in [3.8, 4) is 5.75 Å². The van der Waals surface area contributed by atoms with Crippen LogP contribution in [0, 0.1) is 12.8 Å². The zero-order chi connectivity index (χ0) is 14.9. The largest absolute Gasteiger partial charge is 0.497 e. The van der Waals surface area contributed by atoms with Gasteiger partial charge in [-0.25, -0.2) is 8.42 Å². The molecule has 1 amide bonds. The predicted molar refractivity (Wildman–Crippen MR) is 77.8 cm³/mol. The van der Waals surface area contributed by atoms with Crippen molar-refractivity contribution in [3.63, 3.8) is 0 Å². The van der Waals surface area contributed by atoms with Crippen LogP contribution in [-0.4, -0.2) is 33.7 Å². The number of halogens is 1. The molecule has 1 saturated heterocycles. The summed E-state index contributed by atoms with van der Waals surface area (Å²) in [6.45, 7) is 2.26. The van der Waals surface area contributed by atoms with Gasteiger partial charge in [-0.1, -0.05) is 6.07 Å². The van der Waals surface area contributed by atoms with Crippen molar-refractivity contribution in [2.75, 3.05) is 24.3 Å². The van der Waals surface area contributed by atoms with Crippen LogP contribution < -0.4 is 9.64 Å². The molecule has 5 nitrogen and oxygen atoms in total. The second-order valence-corrected chi connectivity index (χ2v) is 7.75. The van der Waals surface area contributed by atoms with E-state index in [1.54, 1.807) is 18.1 Å². The fraction of sp³-hybridized carbons (Fsp3) is 0.462. The highest BCUT2D eigenvalue weighted by Crippen LogP contribution is 2.31. The van der Waals surface area contributed by atoms with Gasteiger partial charge in [0.1, 0.15) is 5.75 Å². The van der Waals surface area contributed by atoms with Gasteiger partial charge in [0.2, 0.25) is 15.0 Å². The summed E-state index contributed by atoms with van der Waals surface area (Å²) in [4.78, 5) is 13.7. The Kier molecular flexibility index (Phi) is 4.25. The molecule has 1 aliphatic heterocycles. The second kappa shape index (κ2) is 5.61. The molecule has 0 N–H and O–H groups in total. The van der Waals surface area contributed by atoms with Crippen molar-refractivity contribution in [2.45, 2.75) is 13.3 Å². The van der Waals surface area contributed by atoms with Crippen LogP contribution in [0.4, 0.5) is 5.69 Å². The molecule has 0 radical (unpaired) electrons. The lowest BCUT2D eigenvalue weighted by Crippen LogP contribution is -2.26. The first-order chi connectivity index (χ1) is 9.30. The van der Waals surface area contributed by atoms with E-state index in [9.17, 15) is 13.2 Å². The van der Waals surface area contributed by atoms with Crippen LogP contribution in [0.15, 0.2) is 18.2 Å². The normalized spacial score (nSPS) is 19.4. The molecule has 0 bridgehead atoms.